The summed E-state index contributed by atoms with van der Waals surface area (Å²) in [6.45, 7) is 7.31. The smallest absolute Gasteiger partial charge is 0.320 e. The lowest BCUT2D eigenvalue weighted by molar-refractivity contribution is -0.144. The first-order valence-corrected chi connectivity index (χ1v) is 6.34. The molecule has 0 aromatic rings. The lowest BCUT2D eigenvalue weighted by atomic mass is 9.95. The van der Waals surface area contributed by atoms with Crippen molar-refractivity contribution in [3.05, 3.63) is 0 Å². The number of hydrogen-bond donors (Lipinski definition) is 2. The number of carboxylic acids is 1. The van der Waals surface area contributed by atoms with Gasteiger partial charge in [0, 0.05) is 12.6 Å². The first-order valence-electron chi connectivity index (χ1n) is 6.34. The maximum atomic E-state index is 11.3. The SMILES string of the molecule is CCCC(C(=O)O)N1CC2CNCC2C1C. The van der Waals surface area contributed by atoms with Gasteiger partial charge >= 0.3 is 5.97 Å². The Kier molecular flexibility index (Phi) is 3.50. The molecule has 0 aromatic carbocycles. The third-order valence-electron chi connectivity index (χ3n) is 4.23. The van der Waals surface area contributed by atoms with E-state index in [0.717, 1.165) is 32.5 Å². The van der Waals surface area contributed by atoms with Crippen LogP contribution in [0.4, 0.5) is 0 Å². The van der Waals surface area contributed by atoms with Gasteiger partial charge in [-0.25, -0.2) is 0 Å². The Hall–Kier alpha value is -0.610. The minimum Gasteiger partial charge on any atom is -0.480 e. The quantitative estimate of drug-likeness (QED) is 0.744. The van der Waals surface area contributed by atoms with Gasteiger partial charge < -0.3 is 10.4 Å². The Balaban J connectivity index is 2.06. The number of carbonyl (C=O) groups is 1. The number of hydrogen-bond acceptors (Lipinski definition) is 3. The van der Waals surface area contributed by atoms with Gasteiger partial charge in [-0.15, -0.1) is 0 Å². The zero-order valence-electron chi connectivity index (χ0n) is 10.1. The highest BCUT2D eigenvalue weighted by atomic mass is 16.4. The van der Waals surface area contributed by atoms with Crippen LogP contribution in [0.3, 0.4) is 0 Å². The van der Waals surface area contributed by atoms with Crippen LogP contribution in [0.15, 0.2) is 0 Å². The van der Waals surface area contributed by atoms with E-state index in [-0.39, 0.29) is 6.04 Å². The van der Waals surface area contributed by atoms with Gasteiger partial charge in [0.25, 0.3) is 0 Å². The molecule has 2 rings (SSSR count). The van der Waals surface area contributed by atoms with Gasteiger partial charge in [0.2, 0.25) is 0 Å². The van der Waals surface area contributed by atoms with E-state index in [0.29, 0.717) is 17.9 Å². The normalized spacial score (nSPS) is 36.2. The largest absolute Gasteiger partial charge is 0.480 e. The van der Waals surface area contributed by atoms with E-state index in [1.54, 1.807) is 0 Å². The second-order valence-corrected chi connectivity index (χ2v) is 5.16. The molecule has 2 aliphatic heterocycles. The summed E-state index contributed by atoms with van der Waals surface area (Å²) in [5, 5.41) is 12.7. The molecule has 0 aliphatic carbocycles. The van der Waals surface area contributed by atoms with Crippen LogP contribution in [0.25, 0.3) is 0 Å². The number of aliphatic carboxylic acids is 1. The first-order chi connectivity index (χ1) is 7.65. The number of carboxylic acid groups (broad SMARTS) is 1. The van der Waals surface area contributed by atoms with Gasteiger partial charge in [0.05, 0.1) is 0 Å². The molecule has 4 unspecified atom stereocenters. The molecule has 2 N–H and O–H groups in total. The Bertz CT molecular complexity index is 270. The van der Waals surface area contributed by atoms with Gasteiger partial charge in [-0.2, -0.15) is 0 Å². The molecule has 4 nitrogen and oxygen atoms in total. The molecular formula is C12H22N2O2. The summed E-state index contributed by atoms with van der Waals surface area (Å²) in [6.07, 6.45) is 1.71. The Labute approximate surface area is 97.0 Å². The maximum Gasteiger partial charge on any atom is 0.320 e. The number of nitrogens with one attached hydrogen (secondary N) is 1. The molecule has 2 heterocycles. The van der Waals surface area contributed by atoms with Gasteiger partial charge in [0.1, 0.15) is 6.04 Å². The van der Waals surface area contributed by atoms with Gasteiger partial charge in [-0.05, 0) is 38.3 Å². The summed E-state index contributed by atoms with van der Waals surface area (Å²) in [5.41, 5.74) is 0. The van der Waals surface area contributed by atoms with E-state index in [9.17, 15) is 9.90 Å². The molecule has 2 fully saturated rings. The van der Waals surface area contributed by atoms with Gasteiger partial charge in [-0.3, -0.25) is 9.69 Å². The van der Waals surface area contributed by atoms with E-state index in [4.69, 9.17) is 0 Å². The monoisotopic (exact) mass is 226 g/mol. The topological polar surface area (TPSA) is 52.6 Å². The molecule has 4 heteroatoms. The third kappa shape index (κ3) is 1.96. The number of rotatable bonds is 4. The highest BCUT2D eigenvalue weighted by Gasteiger charge is 2.45. The second-order valence-electron chi connectivity index (χ2n) is 5.16. The van der Waals surface area contributed by atoms with Crippen LogP contribution in [0.2, 0.25) is 0 Å². The molecule has 2 aliphatic rings. The second kappa shape index (κ2) is 4.72. The zero-order valence-corrected chi connectivity index (χ0v) is 10.1. The summed E-state index contributed by atoms with van der Waals surface area (Å²) in [4.78, 5) is 13.5. The number of likely N-dealkylation sites (tertiary alicyclic amines) is 1. The van der Waals surface area contributed by atoms with E-state index in [1.807, 2.05) is 0 Å². The van der Waals surface area contributed by atoms with Crippen molar-refractivity contribution in [3.8, 4) is 0 Å². The average Bonchev–Trinajstić information content (AvgIpc) is 2.79. The predicted molar refractivity (Wildman–Crippen MR) is 62.3 cm³/mol. The predicted octanol–water partition coefficient (Wildman–Crippen LogP) is 0.779. The Morgan fingerprint density at radius 2 is 2.31 bits per heavy atom. The van der Waals surface area contributed by atoms with Crippen LogP contribution in [0, 0.1) is 11.8 Å². The van der Waals surface area contributed by atoms with Crippen molar-refractivity contribution in [2.24, 2.45) is 11.8 Å². The van der Waals surface area contributed by atoms with Crippen LogP contribution in [-0.4, -0.2) is 47.7 Å². The summed E-state index contributed by atoms with van der Waals surface area (Å²) >= 11 is 0. The van der Waals surface area contributed by atoms with Crippen LogP contribution < -0.4 is 5.32 Å². The lowest BCUT2D eigenvalue weighted by Gasteiger charge is -2.30. The molecule has 0 saturated carbocycles. The van der Waals surface area contributed by atoms with Crippen molar-refractivity contribution in [2.45, 2.75) is 38.8 Å². The van der Waals surface area contributed by atoms with E-state index < -0.39 is 5.97 Å². The molecule has 0 amide bonds. The standard InChI is InChI=1S/C12H22N2O2/c1-3-4-11(12(15)16)14-7-9-5-13-6-10(9)8(14)2/h8-11,13H,3-7H2,1-2H3,(H,15,16). The minimum absolute atomic E-state index is 0.273. The highest BCUT2D eigenvalue weighted by Crippen LogP contribution is 2.34. The first kappa shape index (κ1) is 11.9. The molecule has 0 radical (unpaired) electrons. The van der Waals surface area contributed by atoms with Gasteiger partial charge in [-0.1, -0.05) is 13.3 Å². The van der Waals surface area contributed by atoms with Crippen LogP contribution in [0.1, 0.15) is 26.7 Å². The van der Waals surface area contributed by atoms with Crippen molar-refractivity contribution < 1.29 is 9.90 Å². The van der Waals surface area contributed by atoms with Gasteiger partial charge in [0.15, 0.2) is 0 Å². The molecule has 2 saturated heterocycles. The Morgan fingerprint density at radius 3 is 2.88 bits per heavy atom. The van der Waals surface area contributed by atoms with Crippen molar-refractivity contribution >= 4 is 5.97 Å². The van der Waals surface area contributed by atoms with Crippen LogP contribution in [0.5, 0.6) is 0 Å². The molecule has 16 heavy (non-hydrogen) atoms. The average molecular weight is 226 g/mol. The highest BCUT2D eigenvalue weighted by molar-refractivity contribution is 5.73. The van der Waals surface area contributed by atoms with Crippen LogP contribution in [-0.2, 0) is 4.79 Å². The van der Waals surface area contributed by atoms with Crippen LogP contribution >= 0.6 is 0 Å². The fourth-order valence-corrected chi connectivity index (χ4v) is 3.32. The number of nitrogens with zero attached hydrogens (tertiary/aromatic N) is 1. The van der Waals surface area contributed by atoms with E-state index in [1.165, 1.54) is 0 Å². The Morgan fingerprint density at radius 1 is 1.56 bits per heavy atom. The van der Waals surface area contributed by atoms with E-state index >= 15 is 0 Å². The fourth-order valence-electron chi connectivity index (χ4n) is 3.32. The molecule has 92 valence electrons. The molecule has 0 bridgehead atoms. The maximum absolute atomic E-state index is 11.3. The van der Waals surface area contributed by atoms with Crippen molar-refractivity contribution in [1.29, 1.82) is 0 Å². The molecular weight excluding hydrogens is 204 g/mol. The summed E-state index contributed by atoms with van der Waals surface area (Å²) < 4.78 is 0. The van der Waals surface area contributed by atoms with Crippen molar-refractivity contribution in [1.82, 2.24) is 10.2 Å². The molecule has 0 spiro atoms. The fraction of sp³-hybridized carbons (Fsp3) is 0.917. The lowest BCUT2D eigenvalue weighted by Crippen LogP contribution is -2.45. The zero-order chi connectivity index (χ0) is 11.7. The van der Waals surface area contributed by atoms with E-state index in [2.05, 4.69) is 24.1 Å². The minimum atomic E-state index is -0.651. The molecule has 0 aromatic heterocycles. The molecule has 4 atom stereocenters. The van der Waals surface area contributed by atoms with Crippen molar-refractivity contribution in [3.63, 3.8) is 0 Å². The summed E-state index contributed by atoms with van der Waals surface area (Å²) in [6, 6.07) is 0.137. The van der Waals surface area contributed by atoms with Crippen molar-refractivity contribution in [2.75, 3.05) is 19.6 Å². The third-order valence-corrected chi connectivity index (χ3v) is 4.23. The summed E-state index contributed by atoms with van der Waals surface area (Å²) in [5.74, 6) is 0.661. The number of fused-ring (bicyclic) bond motifs is 1. The summed E-state index contributed by atoms with van der Waals surface area (Å²) in [7, 11) is 0.